The van der Waals surface area contributed by atoms with Gasteiger partial charge in [-0.1, -0.05) is 6.92 Å². The van der Waals surface area contributed by atoms with E-state index in [2.05, 4.69) is 5.32 Å². The van der Waals surface area contributed by atoms with E-state index < -0.39 is 0 Å². The second-order valence-corrected chi connectivity index (χ2v) is 5.96. The predicted molar refractivity (Wildman–Crippen MR) is 71.9 cm³/mol. The summed E-state index contributed by atoms with van der Waals surface area (Å²) in [7, 11) is 0. The zero-order valence-electron chi connectivity index (χ0n) is 11.0. The molecule has 3 rings (SSSR count). The van der Waals surface area contributed by atoms with Gasteiger partial charge in [-0.05, 0) is 54.9 Å². The largest absolute Gasteiger partial charge is 0.327 e. The molecule has 0 bridgehead atoms. The first-order valence-electron chi connectivity index (χ1n) is 6.85. The number of nitrogens with one attached hydrogen (secondary N) is 1. The van der Waals surface area contributed by atoms with Crippen LogP contribution in [0.15, 0.2) is 24.3 Å². The lowest BCUT2D eigenvalue weighted by Gasteiger charge is -2.64. The molecule has 3 nitrogen and oxygen atoms in total. The minimum Gasteiger partial charge on any atom is -0.327 e. The van der Waals surface area contributed by atoms with Gasteiger partial charge in [0, 0.05) is 17.6 Å². The van der Waals surface area contributed by atoms with E-state index in [0.29, 0.717) is 11.6 Å². The van der Waals surface area contributed by atoms with E-state index in [4.69, 9.17) is 5.73 Å². The molecule has 0 spiro atoms. The highest BCUT2D eigenvalue weighted by molar-refractivity contribution is 5.93. The van der Waals surface area contributed by atoms with Crippen LogP contribution in [0, 0.1) is 23.1 Å². The summed E-state index contributed by atoms with van der Waals surface area (Å²) in [6.07, 6.45) is 3.20. The molecule has 0 radical (unpaired) electrons. The zero-order valence-corrected chi connectivity index (χ0v) is 11.0. The molecule has 1 amide bonds. The molecule has 0 saturated heterocycles. The third-order valence-corrected chi connectivity index (χ3v) is 5.16. The normalized spacial score (nSPS) is 33.6. The molecule has 2 fully saturated rings. The van der Waals surface area contributed by atoms with Gasteiger partial charge in [0.1, 0.15) is 5.82 Å². The molecule has 3 N–H and O–H groups in total. The Balaban J connectivity index is 1.66. The number of nitrogens with two attached hydrogens (primary N) is 1. The average molecular weight is 262 g/mol. The lowest BCUT2D eigenvalue weighted by Crippen LogP contribution is -2.66. The van der Waals surface area contributed by atoms with Crippen LogP contribution in [-0.4, -0.2) is 11.9 Å². The van der Waals surface area contributed by atoms with Gasteiger partial charge in [0.05, 0.1) is 0 Å². The van der Waals surface area contributed by atoms with Crippen LogP contribution in [0.3, 0.4) is 0 Å². The van der Waals surface area contributed by atoms with Gasteiger partial charge in [-0.15, -0.1) is 0 Å². The number of benzene rings is 1. The highest BCUT2D eigenvalue weighted by Crippen LogP contribution is 2.64. The monoisotopic (exact) mass is 262 g/mol. The maximum Gasteiger partial charge on any atom is 0.227 e. The number of carbonyl (C=O) groups excluding carboxylic acids is 1. The van der Waals surface area contributed by atoms with Crippen molar-refractivity contribution in [2.24, 2.45) is 23.0 Å². The molecule has 4 unspecified atom stereocenters. The van der Waals surface area contributed by atoms with Gasteiger partial charge in [-0.3, -0.25) is 4.79 Å². The van der Waals surface area contributed by atoms with Gasteiger partial charge >= 0.3 is 0 Å². The van der Waals surface area contributed by atoms with Crippen molar-refractivity contribution in [1.29, 1.82) is 0 Å². The number of anilines is 1. The van der Waals surface area contributed by atoms with Gasteiger partial charge in [-0.2, -0.15) is 0 Å². The summed E-state index contributed by atoms with van der Waals surface area (Å²) in [5.74, 6) is 0.203. The molecule has 102 valence electrons. The fraction of sp³-hybridized carbons (Fsp3) is 0.533. The third kappa shape index (κ3) is 1.86. The zero-order chi connectivity index (χ0) is 13.6. The SMILES string of the molecule is CC(C(=O)Nc1ccc(F)cc1)C12CCC1C(N)C2. The average Bonchev–Trinajstić information content (AvgIpc) is 2.36. The molecule has 2 saturated carbocycles. The lowest BCUT2D eigenvalue weighted by molar-refractivity contribution is -0.155. The molecule has 0 aliphatic heterocycles. The van der Waals surface area contributed by atoms with Gasteiger partial charge in [0.15, 0.2) is 0 Å². The maximum absolute atomic E-state index is 12.8. The summed E-state index contributed by atoms with van der Waals surface area (Å²) in [5.41, 5.74) is 6.76. The third-order valence-electron chi connectivity index (χ3n) is 5.16. The van der Waals surface area contributed by atoms with Gasteiger partial charge in [-0.25, -0.2) is 4.39 Å². The topological polar surface area (TPSA) is 55.1 Å². The molecule has 4 atom stereocenters. The van der Waals surface area contributed by atoms with Crippen molar-refractivity contribution in [3.05, 3.63) is 30.1 Å². The van der Waals surface area contributed by atoms with Gasteiger partial charge in [0.25, 0.3) is 0 Å². The van der Waals surface area contributed by atoms with E-state index in [1.807, 2.05) is 6.92 Å². The van der Waals surface area contributed by atoms with E-state index in [1.165, 1.54) is 12.1 Å². The van der Waals surface area contributed by atoms with Crippen LogP contribution in [0.1, 0.15) is 26.2 Å². The van der Waals surface area contributed by atoms with Crippen molar-refractivity contribution in [3.8, 4) is 0 Å². The fourth-order valence-electron chi connectivity index (χ4n) is 3.76. The Morgan fingerprint density at radius 3 is 2.63 bits per heavy atom. The van der Waals surface area contributed by atoms with Crippen molar-refractivity contribution in [3.63, 3.8) is 0 Å². The van der Waals surface area contributed by atoms with Crippen LogP contribution in [-0.2, 0) is 4.79 Å². The van der Waals surface area contributed by atoms with Gasteiger partial charge < -0.3 is 11.1 Å². The van der Waals surface area contributed by atoms with E-state index in [-0.39, 0.29) is 29.1 Å². The van der Waals surface area contributed by atoms with Crippen molar-refractivity contribution >= 4 is 11.6 Å². The number of hydrogen-bond donors (Lipinski definition) is 2. The minimum absolute atomic E-state index is 0.0169. The van der Waals surface area contributed by atoms with E-state index in [9.17, 15) is 9.18 Å². The number of amides is 1. The van der Waals surface area contributed by atoms with Crippen molar-refractivity contribution < 1.29 is 9.18 Å². The van der Waals surface area contributed by atoms with Crippen LogP contribution in [0.5, 0.6) is 0 Å². The number of rotatable bonds is 3. The number of carbonyl (C=O) groups is 1. The van der Waals surface area contributed by atoms with Crippen molar-refractivity contribution in [2.75, 3.05) is 5.32 Å². The Morgan fingerprint density at radius 1 is 1.47 bits per heavy atom. The number of fused-ring (bicyclic) bond motifs is 1. The van der Waals surface area contributed by atoms with E-state index in [1.54, 1.807) is 12.1 Å². The first-order chi connectivity index (χ1) is 9.03. The standard InChI is InChI=1S/C15H19FN2O/c1-9(15-7-6-12(15)13(17)8-15)14(19)18-11-4-2-10(16)3-5-11/h2-5,9,12-13H,6-8,17H2,1H3,(H,18,19). The van der Waals surface area contributed by atoms with Crippen LogP contribution in [0.25, 0.3) is 0 Å². The molecule has 4 heteroatoms. The molecular formula is C15H19FN2O. The van der Waals surface area contributed by atoms with Crippen LogP contribution >= 0.6 is 0 Å². The van der Waals surface area contributed by atoms with E-state index >= 15 is 0 Å². The second kappa shape index (κ2) is 4.30. The minimum atomic E-state index is -0.298. The quantitative estimate of drug-likeness (QED) is 0.879. The highest BCUT2D eigenvalue weighted by atomic mass is 19.1. The summed E-state index contributed by atoms with van der Waals surface area (Å²) in [6, 6.07) is 6.15. The van der Waals surface area contributed by atoms with Crippen molar-refractivity contribution in [1.82, 2.24) is 0 Å². The lowest BCUT2D eigenvalue weighted by atomic mass is 9.41. The second-order valence-electron chi connectivity index (χ2n) is 5.96. The first kappa shape index (κ1) is 12.6. The molecule has 1 aromatic carbocycles. The van der Waals surface area contributed by atoms with Crippen LogP contribution in [0.4, 0.5) is 10.1 Å². The number of halogens is 1. The Labute approximate surface area is 112 Å². The maximum atomic E-state index is 12.8. The van der Waals surface area contributed by atoms with Crippen molar-refractivity contribution in [2.45, 2.75) is 32.2 Å². The fourth-order valence-corrected chi connectivity index (χ4v) is 3.76. The molecule has 0 heterocycles. The Hall–Kier alpha value is -1.42. The molecule has 19 heavy (non-hydrogen) atoms. The summed E-state index contributed by atoms with van der Waals surface area (Å²) >= 11 is 0. The highest BCUT2D eigenvalue weighted by Gasteiger charge is 2.62. The summed E-state index contributed by atoms with van der Waals surface area (Å²) in [4.78, 5) is 12.3. The summed E-state index contributed by atoms with van der Waals surface area (Å²) in [5, 5.41) is 2.87. The molecular weight excluding hydrogens is 243 g/mol. The molecule has 2 aliphatic carbocycles. The Morgan fingerprint density at radius 2 is 2.16 bits per heavy atom. The smallest absolute Gasteiger partial charge is 0.227 e. The first-order valence-corrected chi connectivity index (χ1v) is 6.85. The molecule has 0 aromatic heterocycles. The van der Waals surface area contributed by atoms with E-state index in [0.717, 1.165) is 19.3 Å². The number of hydrogen-bond acceptors (Lipinski definition) is 2. The summed E-state index contributed by atoms with van der Waals surface area (Å²) in [6.45, 7) is 1.98. The summed E-state index contributed by atoms with van der Waals surface area (Å²) < 4.78 is 12.8. The predicted octanol–water partition coefficient (Wildman–Crippen LogP) is 2.53. The molecule has 1 aromatic rings. The molecule has 2 aliphatic rings. The van der Waals surface area contributed by atoms with Crippen LogP contribution in [0.2, 0.25) is 0 Å². The van der Waals surface area contributed by atoms with Crippen LogP contribution < -0.4 is 11.1 Å². The Bertz CT molecular complexity index is 501. The van der Waals surface area contributed by atoms with Gasteiger partial charge in [0.2, 0.25) is 5.91 Å². The Kier molecular flexibility index (Phi) is 2.86.